The van der Waals surface area contributed by atoms with Gasteiger partial charge in [-0.2, -0.15) is 0 Å². The van der Waals surface area contributed by atoms with Crippen molar-refractivity contribution in [2.75, 3.05) is 52.5 Å². The number of nitrogens with one attached hydrogen (secondary N) is 1. The molecule has 0 aliphatic carbocycles. The fourth-order valence-electron chi connectivity index (χ4n) is 3.92. The summed E-state index contributed by atoms with van der Waals surface area (Å²) in [5.74, 6) is 1.81. The zero-order valence-corrected chi connectivity index (χ0v) is 16.4. The molecule has 0 aromatic heterocycles. The Morgan fingerprint density at radius 2 is 2.00 bits per heavy atom. The number of likely N-dealkylation sites (tertiary alicyclic amines) is 1. The molecule has 1 aromatic carbocycles. The average molecular weight is 359 g/mol. The van der Waals surface area contributed by atoms with Gasteiger partial charge >= 0.3 is 0 Å². The molecular formula is C21H34N4O. The van der Waals surface area contributed by atoms with Gasteiger partial charge < -0.3 is 15.0 Å². The van der Waals surface area contributed by atoms with E-state index < -0.39 is 0 Å². The lowest BCUT2D eigenvalue weighted by atomic mass is 9.99. The summed E-state index contributed by atoms with van der Waals surface area (Å²) in [7, 11) is 0. The normalized spacial score (nSPS) is 23.2. The van der Waals surface area contributed by atoms with Crippen LogP contribution in [0.3, 0.4) is 0 Å². The van der Waals surface area contributed by atoms with E-state index in [9.17, 15) is 0 Å². The van der Waals surface area contributed by atoms with Crippen LogP contribution in [0.2, 0.25) is 0 Å². The Hall–Kier alpha value is -1.59. The van der Waals surface area contributed by atoms with Crippen LogP contribution >= 0.6 is 0 Å². The Kier molecular flexibility index (Phi) is 7.32. The van der Waals surface area contributed by atoms with Crippen molar-refractivity contribution in [2.45, 2.75) is 32.7 Å². The van der Waals surface area contributed by atoms with Gasteiger partial charge in [-0.15, -0.1) is 0 Å². The van der Waals surface area contributed by atoms with Gasteiger partial charge in [0.25, 0.3) is 0 Å². The molecule has 144 valence electrons. The molecule has 2 fully saturated rings. The first-order chi connectivity index (χ1) is 12.8. The van der Waals surface area contributed by atoms with Gasteiger partial charge in [0.1, 0.15) is 0 Å². The van der Waals surface area contributed by atoms with E-state index in [2.05, 4.69) is 59.3 Å². The number of hydrogen-bond donors (Lipinski definition) is 1. The van der Waals surface area contributed by atoms with Crippen LogP contribution in [0, 0.1) is 5.92 Å². The Morgan fingerprint density at radius 3 is 2.73 bits per heavy atom. The molecule has 2 unspecified atom stereocenters. The van der Waals surface area contributed by atoms with Crippen molar-refractivity contribution >= 4 is 5.96 Å². The Bertz CT molecular complexity index is 556. The van der Waals surface area contributed by atoms with Gasteiger partial charge in [0, 0.05) is 38.8 Å². The predicted octanol–water partition coefficient (Wildman–Crippen LogP) is 2.24. The van der Waals surface area contributed by atoms with E-state index in [1.165, 1.54) is 18.4 Å². The molecule has 2 aliphatic heterocycles. The smallest absolute Gasteiger partial charge is 0.193 e. The van der Waals surface area contributed by atoms with Gasteiger partial charge in [-0.05, 0) is 38.2 Å². The SMILES string of the molecule is CCNC(=NCC(C)N1CCOCC1)N1CCC(Cc2ccccc2)C1. The fraction of sp³-hybridized carbons (Fsp3) is 0.667. The van der Waals surface area contributed by atoms with Crippen molar-refractivity contribution in [3.8, 4) is 0 Å². The van der Waals surface area contributed by atoms with Crippen LogP contribution in [-0.2, 0) is 11.2 Å². The number of hydrogen-bond acceptors (Lipinski definition) is 3. The molecule has 1 aromatic rings. The first kappa shape index (κ1) is 19.2. The number of aliphatic imine (C=N–C) groups is 1. The predicted molar refractivity (Wildman–Crippen MR) is 108 cm³/mol. The van der Waals surface area contributed by atoms with E-state index in [1.54, 1.807) is 0 Å². The number of nitrogens with zero attached hydrogens (tertiary/aromatic N) is 3. The molecule has 3 rings (SSSR count). The van der Waals surface area contributed by atoms with Crippen LogP contribution < -0.4 is 5.32 Å². The molecule has 0 radical (unpaired) electrons. The lowest BCUT2D eigenvalue weighted by molar-refractivity contribution is 0.0220. The van der Waals surface area contributed by atoms with Crippen LogP contribution in [0.1, 0.15) is 25.8 Å². The van der Waals surface area contributed by atoms with Gasteiger partial charge in [0.2, 0.25) is 0 Å². The molecule has 5 heteroatoms. The van der Waals surface area contributed by atoms with E-state index in [4.69, 9.17) is 9.73 Å². The topological polar surface area (TPSA) is 40.1 Å². The summed E-state index contributed by atoms with van der Waals surface area (Å²) in [5.41, 5.74) is 1.45. The minimum Gasteiger partial charge on any atom is -0.379 e. The van der Waals surface area contributed by atoms with E-state index in [-0.39, 0.29) is 0 Å². The first-order valence-electron chi connectivity index (χ1n) is 10.1. The Morgan fingerprint density at radius 1 is 1.23 bits per heavy atom. The number of guanidine groups is 1. The van der Waals surface area contributed by atoms with Gasteiger partial charge in [-0.1, -0.05) is 30.3 Å². The molecular weight excluding hydrogens is 324 g/mol. The van der Waals surface area contributed by atoms with Crippen LogP contribution in [0.15, 0.2) is 35.3 Å². The van der Waals surface area contributed by atoms with Gasteiger partial charge in [0.05, 0.1) is 19.8 Å². The number of ether oxygens (including phenoxy) is 1. The molecule has 0 amide bonds. The minimum atomic E-state index is 0.468. The maximum Gasteiger partial charge on any atom is 0.193 e. The van der Waals surface area contributed by atoms with Crippen LogP contribution in [0.5, 0.6) is 0 Å². The summed E-state index contributed by atoms with van der Waals surface area (Å²) in [6.45, 7) is 12.2. The highest BCUT2D eigenvalue weighted by Gasteiger charge is 2.25. The molecule has 2 atom stereocenters. The summed E-state index contributed by atoms with van der Waals surface area (Å²) >= 11 is 0. The molecule has 2 aliphatic rings. The highest BCUT2D eigenvalue weighted by atomic mass is 16.5. The molecule has 2 heterocycles. The third-order valence-corrected chi connectivity index (χ3v) is 5.46. The van der Waals surface area contributed by atoms with Gasteiger partial charge in [-0.3, -0.25) is 9.89 Å². The van der Waals surface area contributed by atoms with Crippen molar-refractivity contribution in [1.82, 2.24) is 15.1 Å². The summed E-state index contributed by atoms with van der Waals surface area (Å²) in [6.07, 6.45) is 2.42. The standard InChI is InChI=1S/C21H34N4O/c1-3-22-21(23-16-18(2)24-11-13-26-14-12-24)25-10-9-20(17-25)15-19-7-5-4-6-8-19/h4-8,18,20H,3,9-17H2,1-2H3,(H,22,23). The quantitative estimate of drug-likeness (QED) is 0.625. The van der Waals surface area contributed by atoms with Crippen LogP contribution in [0.4, 0.5) is 0 Å². The van der Waals surface area contributed by atoms with E-state index in [0.29, 0.717) is 6.04 Å². The van der Waals surface area contributed by atoms with Gasteiger partial charge in [0.15, 0.2) is 5.96 Å². The molecule has 26 heavy (non-hydrogen) atoms. The largest absolute Gasteiger partial charge is 0.379 e. The van der Waals surface area contributed by atoms with Crippen molar-refractivity contribution in [1.29, 1.82) is 0 Å². The zero-order chi connectivity index (χ0) is 18.2. The second-order valence-corrected chi connectivity index (χ2v) is 7.48. The molecule has 0 saturated carbocycles. The highest BCUT2D eigenvalue weighted by Crippen LogP contribution is 2.21. The number of rotatable bonds is 6. The molecule has 0 spiro atoms. The monoisotopic (exact) mass is 358 g/mol. The third kappa shape index (κ3) is 5.45. The minimum absolute atomic E-state index is 0.468. The molecule has 1 N–H and O–H groups in total. The van der Waals surface area contributed by atoms with Crippen LogP contribution in [0.25, 0.3) is 0 Å². The van der Waals surface area contributed by atoms with Crippen molar-refractivity contribution < 1.29 is 4.74 Å². The van der Waals surface area contributed by atoms with E-state index in [0.717, 1.165) is 64.4 Å². The van der Waals surface area contributed by atoms with Crippen LogP contribution in [-0.4, -0.2) is 74.3 Å². The highest BCUT2D eigenvalue weighted by molar-refractivity contribution is 5.80. The lowest BCUT2D eigenvalue weighted by Crippen LogP contribution is -2.45. The lowest BCUT2D eigenvalue weighted by Gasteiger charge is -2.32. The Balaban J connectivity index is 1.53. The molecule has 5 nitrogen and oxygen atoms in total. The third-order valence-electron chi connectivity index (χ3n) is 5.46. The summed E-state index contributed by atoms with van der Waals surface area (Å²) < 4.78 is 5.46. The van der Waals surface area contributed by atoms with E-state index >= 15 is 0 Å². The molecule has 0 bridgehead atoms. The van der Waals surface area contributed by atoms with Crippen molar-refractivity contribution in [3.05, 3.63) is 35.9 Å². The summed E-state index contributed by atoms with van der Waals surface area (Å²) in [5, 5.41) is 3.50. The number of morpholine rings is 1. The average Bonchev–Trinajstić information content (AvgIpc) is 3.14. The second-order valence-electron chi connectivity index (χ2n) is 7.48. The maximum atomic E-state index is 5.46. The first-order valence-corrected chi connectivity index (χ1v) is 10.1. The fourth-order valence-corrected chi connectivity index (χ4v) is 3.92. The summed E-state index contributed by atoms with van der Waals surface area (Å²) in [4.78, 5) is 9.89. The molecule has 2 saturated heterocycles. The second kappa shape index (κ2) is 9.93. The van der Waals surface area contributed by atoms with Gasteiger partial charge in [-0.25, -0.2) is 0 Å². The summed E-state index contributed by atoms with van der Waals surface area (Å²) in [6, 6.07) is 11.3. The van der Waals surface area contributed by atoms with E-state index in [1.807, 2.05) is 0 Å². The number of benzene rings is 1. The zero-order valence-electron chi connectivity index (χ0n) is 16.4. The van der Waals surface area contributed by atoms with Crippen molar-refractivity contribution in [3.63, 3.8) is 0 Å². The maximum absolute atomic E-state index is 5.46. The van der Waals surface area contributed by atoms with Crippen molar-refractivity contribution in [2.24, 2.45) is 10.9 Å². The Labute approximate surface area is 158 Å².